The molecule has 0 aromatic heterocycles. The Morgan fingerprint density at radius 1 is 0.353 bits per heavy atom. The molecule has 0 heterocycles. The van der Waals surface area contributed by atoms with Crippen LogP contribution in [-0.4, -0.2) is 70.0 Å². The number of carbonyl (C=O) groups is 2. The molecule has 0 saturated carbocycles. The highest BCUT2D eigenvalue weighted by atomic mass is 31.2. The summed E-state index contributed by atoms with van der Waals surface area (Å²) in [6, 6.07) is 0. The number of nitrogens with zero attached hydrogens (tertiary/aromatic N) is 1. The normalized spacial score (nSPS) is 13.1. The van der Waals surface area contributed by atoms with Gasteiger partial charge in [-0.2, -0.15) is 0 Å². The molecule has 85 heavy (non-hydrogen) atoms. The second-order valence-electron chi connectivity index (χ2n) is 27.4. The quantitative estimate of drug-likeness (QED) is 0.0195. The second kappa shape index (κ2) is 67.2. The fraction of sp³-hybridized carbons (Fsp3) is 0.947. The molecule has 0 amide bonds. The maximum absolute atomic E-state index is 12.9. The Morgan fingerprint density at radius 3 is 0.871 bits per heavy atom. The van der Waals surface area contributed by atoms with Crippen molar-refractivity contribution in [2.45, 2.75) is 412 Å². The maximum atomic E-state index is 12.9. The number of likely N-dealkylation sites (N-methyl/N-ethyl adjacent to an activating group) is 1. The van der Waals surface area contributed by atoms with Gasteiger partial charge >= 0.3 is 11.9 Å². The van der Waals surface area contributed by atoms with Crippen LogP contribution in [0.1, 0.15) is 406 Å². The first-order valence-electron chi connectivity index (χ1n) is 37.9. The van der Waals surface area contributed by atoms with Crippen LogP contribution in [0.15, 0.2) is 12.2 Å². The van der Waals surface area contributed by atoms with Crippen molar-refractivity contribution in [2.75, 3.05) is 47.5 Å². The van der Waals surface area contributed by atoms with Gasteiger partial charge in [-0.1, -0.05) is 366 Å². The molecule has 0 radical (unpaired) electrons. The number of allylic oxidation sites excluding steroid dienone is 2. The highest BCUT2D eigenvalue weighted by Crippen LogP contribution is 2.38. The summed E-state index contributed by atoms with van der Waals surface area (Å²) >= 11 is 0. The van der Waals surface area contributed by atoms with Gasteiger partial charge in [-0.05, 0) is 38.5 Å². The minimum atomic E-state index is -4.64. The molecular weight excluding hydrogens is 1070 g/mol. The van der Waals surface area contributed by atoms with Crippen molar-refractivity contribution < 1.29 is 42.1 Å². The van der Waals surface area contributed by atoms with Gasteiger partial charge < -0.3 is 27.9 Å². The van der Waals surface area contributed by atoms with Gasteiger partial charge in [0.2, 0.25) is 0 Å². The third-order valence-electron chi connectivity index (χ3n) is 17.5. The van der Waals surface area contributed by atoms with Crippen molar-refractivity contribution in [1.29, 1.82) is 0 Å². The smallest absolute Gasteiger partial charge is 0.306 e. The second-order valence-corrected chi connectivity index (χ2v) is 28.8. The van der Waals surface area contributed by atoms with Crippen LogP contribution >= 0.6 is 7.82 Å². The SMILES string of the molecule is CCCCCCCCCC/C=C\CCCCCCCCCCCCCCCCCCCCCC(=O)OC(COC(=O)CCCCCCCCCCCCCCCCCCCCCCCCCCCCCCCC)COP(=O)([O-])OCC[N+](C)(C)C. The van der Waals surface area contributed by atoms with Gasteiger partial charge in [-0.3, -0.25) is 14.2 Å². The first kappa shape index (κ1) is 83.8. The molecule has 506 valence electrons. The van der Waals surface area contributed by atoms with E-state index in [0.717, 1.165) is 32.1 Å². The molecule has 0 aromatic rings. The first-order chi connectivity index (χ1) is 41.5. The fourth-order valence-corrected chi connectivity index (χ4v) is 12.4. The van der Waals surface area contributed by atoms with Crippen molar-refractivity contribution >= 4 is 19.8 Å². The highest BCUT2D eigenvalue weighted by molar-refractivity contribution is 7.45. The van der Waals surface area contributed by atoms with E-state index in [1.807, 2.05) is 21.1 Å². The Balaban J connectivity index is 3.93. The van der Waals surface area contributed by atoms with E-state index >= 15 is 0 Å². The molecule has 0 aliphatic carbocycles. The fourth-order valence-electron chi connectivity index (χ4n) is 11.7. The Labute approximate surface area is 530 Å². The first-order valence-corrected chi connectivity index (χ1v) is 39.4. The van der Waals surface area contributed by atoms with E-state index in [1.165, 1.54) is 340 Å². The number of quaternary nitrogens is 1. The van der Waals surface area contributed by atoms with Gasteiger partial charge in [-0.15, -0.1) is 0 Å². The lowest BCUT2D eigenvalue weighted by molar-refractivity contribution is -0.870. The Hall–Kier alpha value is -1.25. The molecule has 0 bridgehead atoms. The topological polar surface area (TPSA) is 111 Å². The van der Waals surface area contributed by atoms with Gasteiger partial charge in [0.25, 0.3) is 7.82 Å². The van der Waals surface area contributed by atoms with Crippen LogP contribution in [0.5, 0.6) is 0 Å². The summed E-state index contributed by atoms with van der Waals surface area (Å²) in [5.41, 5.74) is 0. The number of phosphoric acid groups is 1. The van der Waals surface area contributed by atoms with Crippen LogP contribution in [0.4, 0.5) is 0 Å². The van der Waals surface area contributed by atoms with Crippen molar-refractivity contribution in [3.05, 3.63) is 12.2 Å². The number of rotatable bonds is 72. The number of hydrogen-bond acceptors (Lipinski definition) is 8. The molecule has 0 N–H and O–H groups in total. The van der Waals surface area contributed by atoms with Gasteiger partial charge in [0.05, 0.1) is 27.7 Å². The molecule has 0 fully saturated rings. The summed E-state index contributed by atoms with van der Waals surface area (Å²) in [5.74, 6) is -0.804. The van der Waals surface area contributed by atoms with E-state index in [1.54, 1.807) is 0 Å². The van der Waals surface area contributed by atoms with Crippen molar-refractivity contribution in [3.63, 3.8) is 0 Å². The molecule has 0 spiro atoms. The summed E-state index contributed by atoms with van der Waals surface area (Å²) in [6.45, 7) is 4.33. The number of hydrogen-bond donors (Lipinski definition) is 0. The van der Waals surface area contributed by atoms with Crippen molar-refractivity contribution in [2.24, 2.45) is 0 Å². The largest absolute Gasteiger partial charge is 0.756 e. The minimum Gasteiger partial charge on any atom is -0.756 e. The maximum Gasteiger partial charge on any atom is 0.306 e. The van der Waals surface area contributed by atoms with Crippen LogP contribution in [0.2, 0.25) is 0 Å². The summed E-state index contributed by atoms with van der Waals surface area (Å²) in [5, 5.41) is 0. The average Bonchev–Trinajstić information content (AvgIpc) is 3.50. The molecule has 0 aliphatic rings. The van der Waals surface area contributed by atoms with Crippen molar-refractivity contribution in [1.82, 2.24) is 0 Å². The third-order valence-corrected chi connectivity index (χ3v) is 18.5. The standard InChI is InChI=1S/C75H148NO8P/c1-6-8-10-12-14-16-18-20-22-24-26-28-30-32-34-36-38-40-42-44-46-48-50-52-54-56-58-60-62-64-66-68-75(78)84-73(72-83-85(79,80)82-70-69-76(3,4)5)71-81-74(77)67-65-63-61-59-57-55-53-51-49-47-45-43-41-39-37-35-33-31-29-27-25-23-21-19-17-15-13-11-9-7-2/h24,26,73H,6-23,25,27-72H2,1-5H3/b26-24-. The van der Waals surface area contributed by atoms with Crippen LogP contribution < -0.4 is 4.89 Å². The number of unbranched alkanes of at least 4 members (excludes halogenated alkanes) is 56. The lowest BCUT2D eigenvalue weighted by Crippen LogP contribution is -2.37. The summed E-state index contributed by atoms with van der Waals surface area (Å²) in [7, 11) is 1.19. The Bertz CT molecular complexity index is 1440. The molecule has 0 rings (SSSR count). The average molecular weight is 1220 g/mol. The number of carbonyl (C=O) groups excluding carboxylic acids is 2. The van der Waals surface area contributed by atoms with Crippen LogP contribution in [0.25, 0.3) is 0 Å². The molecule has 10 heteroatoms. The van der Waals surface area contributed by atoms with E-state index in [4.69, 9.17) is 18.5 Å². The number of phosphoric ester groups is 1. The van der Waals surface area contributed by atoms with Crippen molar-refractivity contribution in [3.8, 4) is 0 Å². The molecule has 9 nitrogen and oxygen atoms in total. The van der Waals surface area contributed by atoms with Gasteiger partial charge in [-0.25, -0.2) is 0 Å². The Morgan fingerprint density at radius 2 is 0.600 bits per heavy atom. The van der Waals surface area contributed by atoms with E-state index < -0.39 is 26.5 Å². The molecule has 2 unspecified atom stereocenters. The summed E-state index contributed by atoms with van der Waals surface area (Å²) < 4.78 is 34.4. The predicted octanol–water partition coefficient (Wildman–Crippen LogP) is 24.0. The van der Waals surface area contributed by atoms with Crippen LogP contribution in [0, 0.1) is 0 Å². The van der Waals surface area contributed by atoms with Gasteiger partial charge in [0, 0.05) is 12.8 Å². The number of esters is 2. The monoisotopic (exact) mass is 1220 g/mol. The zero-order valence-electron chi connectivity index (χ0n) is 57.9. The Kier molecular flexibility index (Phi) is 66.2. The molecule has 0 saturated heterocycles. The molecular formula is C75H148NO8P. The van der Waals surface area contributed by atoms with E-state index in [2.05, 4.69) is 26.0 Å². The molecule has 0 aromatic carbocycles. The van der Waals surface area contributed by atoms with Gasteiger partial charge in [0.15, 0.2) is 6.10 Å². The lowest BCUT2D eigenvalue weighted by atomic mass is 10.0. The lowest BCUT2D eigenvalue weighted by Gasteiger charge is -2.28. The third kappa shape index (κ3) is 71.7. The predicted molar refractivity (Wildman–Crippen MR) is 365 cm³/mol. The van der Waals surface area contributed by atoms with E-state index in [-0.39, 0.29) is 32.0 Å². The van der Waals surface area contributed by atoms with Crippen LogP contribution in [-0.2, 0) is 32.7 Å². The highest BCUT2D eigenvalue weighted by Gasteiger charge is 2.22. The minimum absolute atomic E-state index is 0.0258. The molecule has 0 aliphatic heterocycles. The van der Waals surface area contributed by atoms with E-state index in [9.17, 15) is 19.0 Å². The van der Waals surface area contributed by atoms with Gasteiger partial charge in [0.1, 0.15) is 19.8 Å². The zero-order valence-corrected chi connectivity index (χ0v) is 58.7. The van der Waals surface area contributed by atoms with E-state index in [0.29, 0.717) is 17.4 Å². The summed E-state index contributed by atoms with van der Waals surface area (Å²) in [4.78, 5) is 38.1. The number of ether oxygens (including phenoxy) is 2. The summed E-state index contributed by atoms with van der Waals surface area (Å²) in [6.07, 6.45) is 83.2. The molecule has 2 atom stereocenters. The zero-order chi connectivity index (χ0) is 61.9. The van der Waals surface area contributed by atoms with Crippen LogP contribution in [0.3, 0.4) is 0 Å².